The quantitative estimate of drug-likeness (QED) is 0.689. The van der Waals surface area contributed by atoms with Gasteiger partial charge in [-0.1, -0.05) is 11.2 Å². The van der Waals surface area contributed by atoms with Crippen LogP contribution in [0.15, 0.2) is 35.6 Å². The number of aromatic nitrogens is 2. The van der Waals surface area contributed by atoms with Gasteiger partial charge >= 0.3 is 0 Å². The maximum Gasteiger partial charge on any atom is 0.132 e. The van der Waals surface area contributed by atoms with E-state index in [1.807, 2.05) is 37.5 Å². The Bertz CT molecular complexity index is 646. The summed E-state index contributed by atoms with van der Waals surface area (Å²) in [5.41, 5.74) is 3.85. The van der Waals surface area contributed by atoms with Gasteiger partial charge in [-0.05, 0) is 43.0 Å². The van der Waals surface area contributed by atoms with Crippen LogP contribution < -0.4 is 4.74 Å². The second-order valence-electron chi connectivity index (χ2n) is 4.99. The Morgan fingerprint density at radius 3 is 3.00 bits per heavy atom. The van der Waals surface area contributed by atoms with E-state index < -0.39 is 0 Å². The van der Waals surface area contributed by atoms with E-state index in [0.717, 1.165) is 42.0 Å². The first-order chi connectivity index (χ1) is 9.76. The van der Waals surface area contributed by atoms with Crippen LogP contribution in [-0.4, -0.2) is 20.7 Å². The summed E-state index contributed by atoms with van der Waals surface area (Å²) >= 11 is 0. The minimum absolute atomic E-state index is 0.436. The molecule has 0 saturated carbocycles. The lowest BCUT2D eigenvalue weighted by Gasteiger charge is -2.17. The fraction of sp³-hybridized carbons (Fsp3) is 0.333. The third-order valence-electron chi connectivity index (χ3n) is 3.53. The SMILES string of the molecule is Cn1ccc(COc2ccc3c(c2)/C(=N\O)CCC3)n1. The molecule has 1 aromatic heterocycles. The number of hydrogen-bond acceptors (Lipinski definition) is 4. The average molecular weight is 271 g/mol. The summed E-state index contributed by atoms with van der Waals surface area (Å²) in [6.07, 6.45) is 4.75. The molecule has 0 unspecified atom stereocenters. The topological polar surface area (TPSA) is 59.6 Å². The highest BCUT2D eigenvalue weighted by atomic mass is 16.5. The first-order valence-corrected chi connectivity index (χ1v) is 6.72. The van der Waals surface area contributed by atoms with Crippen molar-refractivity contribution >= 4 is 5.71 Å². The summed E-state index contributed by atoms with van der Waals surface area (Å²) in [5, 5.41) is 16.7. The van der Waals surface area contributed by atoms with Crippen LogP contribution in [0, 0.1) is 0 Å². The van der Waals surface area contributed by atoms with Gasteiger partial charge in [0.15, 0.2) is 0 Å². The predicted molar refractivity (Wildman–Crippen MR) is 75.2 cm³/mol. The van der Waals surface area contributed by atoms with E-state index in [1.165, 1.54) is 5.56 Å². The minimum atomic E-state index is 0.436. The summed E-state index contributed by atoms with van der Waals surface area (Å²) in [6, 6.07) is 7.89. The number of nitrogens with zero attached hydrogens (tertiary/aromatic N) is 3. The van der Waals surface area contributed by atoms with Gasteiger partial charge in [0.1, 0.15) is 12.4 Å². The standard InChI is InChI=1S/C15H17N3O2/c1-18-8-7-12(16-18)10-20-13-6-5-11-3-2-4-15(17-19)14(11)9-13/h5-9,19H,2-4,10H2,1H3/b17-15-. The summed E-state index contributed by atoms with van der Waals surface area (Å²) in [4.78, 5) is 0. The van der Waals surface area contributed by atoms with Crippen molar-refractivity contribution in [3.05, 3.63) is 47.3 Å². The molecule has 2 aromatic rings. The van der Waals surface area contributed by atoms with Crippen molar-refractivity contribution < 1.29 is 9.94 Å². The maximum absolute atomic E-state index is 9.07. The zero-order valence-electron chi connectivity index (χ0n) is 11.4. The van der Waals surface area contributed by atoms with Crippen LogP contribution in [0.2, 0.25) is 0 Å². The van der Waals surface area contributed by atoms with Gasteiger partial charge in [-0.15, -0.1) is 0 Å². The van der Waals surface area contributed by atoms with Gasteiger partial charge in [0, 0.05) is 18.8 Å². The molecule has 0 radical (unpaired) electrons. The zero-order valence-corrected chi connectivity index (χ0v) is 11.4. The van der Waals surface area contributed by atoms with Crippen LogP contribution in [-0.2, 0) is 20.1 Å². The van der Waals surface area contributed by atoms with Crippen molar-refractivity contribution in [2.75, 3.05) is 0 Å². The van der Waals surface area contributed by atoms with Crippen LogP contribution >= 0.6 is 0 Å². The maximum atomic E-state index is 9.07. The van der Waals surface area contributed by atoms with Gasteiger partial charge in [-0.3, -0.25) is 4.68 Å². The van der Waals surface area contributed by atoms with Crippen LogP contribution in [0.5, 0.6) is 5.75 Å². The summed E-state index contributed by atoms with van der Waals surface area (Å²) in [7, 11) is 1.88. The number of oxime groups is 1. The molecule has 0 saturated heterocycles. The Hall–Kier alpha value is -2.30. The summed E-state index contributed by atoms with van der Waals surface area (Å²) < 4.78 is 7.50. The number of ether oxygens (including phenoxy) is 1. The molecule has 5 heteroatoms. The Labute approximate surface area is 117 Å². The van der Waals surface area contributed by atoms with E-state index in [9.17, 15) is 0 Å². The fourth-order valence-electron chi connectivity index (χ4n) is 2.51. The number of rotatable bonds is 3. The number of hydrogen-bond donors (Lipinski definition) is 1. The molecule has 0 fully saturated rings. The lowest BCUT2D eigenvalue weighted by molar-refractivity contribution is 0.299. The molecule has 104 valence electrons. The van der Waals surface area contributed by atoms with E-state index in [4.69, 9.17) is 9.94 Å². The molecule has 1 aliphatic carbocycles. The van der Waals surface area contributed by atoms with E-state index in [0.29, 0.717) is 6.61 Å². The molecule has 0 bridgehead atoms. The van der Waals surface area contributed by atoms with Gasteiger partial charge in [0.05, 0.1) is 11.4 Å². The van der Waals surface area contributed by atoms with Crippen molar-refractivity contribution in [2.24, 2.45) is 12.2 Å². The van der Waals surface area contributed by atoms with Crippen LogP contribution in [0.3, 0.4) is 0 Å². The molecule has 0 atom stereocenters. The van der Waals surface area contributed by atoms with Crippen molar-refractivity contribution in [1.82, 2.24) is 9.78 Å². The second kappa shape index (κ2) is 5.36. The molecule has 5 nitrogen and oxygen atoms in total. The number of benzene rings is 1. The van der Waals surface area contributed by atoms with Crippen molar-refractivity contribution in [3.63, 3.8) is 0 Å². The van der Waals surface area contributed by atoms with Crippen LogP contribution in [0.4, 0.5) is 0 Å². The average Bonchev–Trinajstić information content (AvgIpc) is 2.90. The van der Waals surface area contributed by atoms with Crippen molar-refractivity contribution in [2.45, 2.75) is 25.9 Å². The molecule has 1 heterocycles. The molecule has 1 aromatic carbocycles. The molecule has 0 amide bonds. The predicted octanol–water partition coefficient (Wildman–Crippen LogP) is 2.51. The lowest BCUT2D eigenvalue weighted by atomic mass is 9.90. The fourth-order valence-corrected chi connectivity index (χ4v) is 2.51. The van der Waals surface area contributed by atoms with Gasteiger partial charge in [0.2, 0.25) is 0 Å². The van der Waals surface area contributed by atoms with Gasteiger partial charge in [0.25, 0.3) is 0 Å². The molecule has 1 N–H and O–H groups in total. The smallest absolute Gasteiger partial charge is 0.132 e. The van der Waals surface area contributed by atoms with Gasteiger partial charge < -0.3 is 9.94 Å². The third-order valence-corrected chi connectivity index (χ3v) is 3.53. The third kappa shape index (κ3) is 2.52. The highest BCUT2D eigenvalue weighted by Crippen LogP contribution is 2.26. The highest BCUT2D eigenvalue weighted by molar-refractivity contribution is 6.02. The molecular formula is C15H17N3O2. The largest absolute Gasteiger partial charge is 0.487 e. The van der Waals surface area contributed by atoms with Gasteiger partial charge in [-0.2, -0.15) is 5.10 Å². The zero-order chi connectivity index (χ0) is 13.9. The Balaban J connectivity index is 1.78. The normalized spacial score (nSPS) is 16.1. The van der Waals surface area contributed by atoms with Crippen molar-refractivity contribution in [3.8, 4) is 5.75 Å². The molecular weight excluding hydrogens is 254 g/mol. The minimum Gasteiger partial charge on any atom is -0.487 e. The highest BCUT2D eigenvalue weighted by Gasteiger charge is 2.16. The summed E-state index contributed by atoms with van der Waals surface area (Å²) in [6.45, 7) is 0.436. The molecule has 0 spiro atoms. The molecule has 1 aliphatic rings. The monoisotopic (exact) mass is 271 g/mol. The first-order valence-electron chi connectivity index (χ1n) is 6.72. The van der Waals surface area contributed by atoms with E-state index in [-0.39, 0.29) is 0 Å². The van der Waals surface area contributed by atoms with Crippen molar-refractivity contribution in [1.29, 1.82) is 0 Å². The van der Waals surface area contributed by atoms with E-state index in [2.05, 4.69) is 10.3 Å². The van der Waals surface area contributed by atoms with Crippen LogP contribution in [0.25, 0.3) is 0 Å². The summed E-state index contributed by atoms with van der Waals surface area (Å²) in [5.74, 6) is 0.775. The molecule has 20 heavy (non-hydrogen) atoms. The van der Waals surface area contributed by atoms with Gasteiger partial charge in [-0.25, -0.2) is 0 Å². The Morgan fingerprint density at radius 2 is 2.25 bits per heavy atom. The van der Waals surface area contributed by atoms with E-state index in [1.54, 1.807) is 4.68 Å². The molecule has 3 rings (SSSR count). The Kier molecular flexibility index (Phi) is 3.41. The number of fused-ring (bicyclic) bond motifs is 1. The Morgan fingerprint density at radius 1 is 1.35 bits per heavy atom. The van der Waals surface area contributed by atoms with E-state index >= 15 is 0 Å². The number of aryl methyl sites for hydroxylation is 2. The molecule has 0 aliphatic heterocycles. The van der Waals surface area contributed by atoms with Crippen LogP contribution in [0.1, 0.15) is 29.7 Å². The first kappa shape index (κ1) is 12.7. The lowest BCUT2D eigenvalue weighted by Crippen LogP contribution is -2.12. The second-order valence-corrected chi connectivity index (χ2v) is 4.99.